The number of benzene rings is 3. The summed E-state index contributed by atoms with van der Waals surface area (Å²) in [6.07, 6.45) is 0. The normalized spacial score (nSPS) is 10.6. The van der Waals surface area contributed by atoms with Crippen LogP contribution in [0.25, 0.3) is 34.2 Å². The highest BCUT2D eigenvalue weighted by Gasteiger charge is 2.13. The Kier molecular flexibility index (Phi) is 4.23. The molecule has 0 atom stereocenters. The third kappa shape index (κ3) is 3.28. The Labute approximate surface area is 151 Å². The molecule has 0 bridgehead atoms. The summed E-state index contributed by atoms with van der Waals surface area (Å²) in [5.74, 6) is 1.83. The standard InChI is InChI=1S/C21H14ClN3/c22-18-14-8-7-13-17(18)21-24-19(15-9-3-1-4-10-15)23-20(25-21)16-11-5-2-6-12-16/h1-14H. The largest absolute Gasteiger partial charge is 0.208 e. The van der Waals surface area contributed by atoms with Crippen molar-refractivity contribution in [1.29, 1.82) is 0 Å². The first-order valence-electron chi connectivity index (χ1n) is 7.93. The first-order valence-corrected chi connectivity index (χ1v) is 8.31. The van der Waals surface area contributed by atoms with Gasteiger partial charge in [0.05, 0.1) is 5.02 Å². The van der Waals surface area contributed by atoms with Gasteiger partial charge in [0, 0.05) is 16.7 Å². The highest BCUT2D eigenvalue weighted by Crippen LogP contribution is 2.28. The first-order chi connectivity index (χ1) is 12.3. The molecule has 120 valence electrons. The second kappa shape index (κ2) is 6.83. The Balaban J connectivity index is 1.94. The zero-order valence-electron chi connectivity index (χ0n) is 13.3. The fourth-order valence-corrected chi connectivity index (χ4v) is 2.79. The zero-order chi connectivity index (χ0) is 17.1. The van der Waals surface area contributed by atoms with E-state index in [0.717, 1.165) is 16.7 Å². The minimum absolute atomic E-state index is 0.568. The summed E-state index contributed by atoms with van der Waals surface area (Å²) in [5.41, 5.74) is 2.67. The molecule has 3 aromatic carbocycles. The van der Waals surface area contributed by atoms with E-state index >= 15 is 0 Å². The molecule has 4 heteroatoms. The molecule has 1 heterocycles. The molecule has 4 rings (SSSR count). The molecule has 0 aliphatic heterocycles. The second-order valence-electron chi connectivity index (χ2n) is 5.52. The monoisotopic (exact) mass is 343 g/mol. The second-order valence-corrected chi connectivity index (χ2v) is 5.93. The summed E-state index contributed by atoms with van der Waals surface area (Å²) >= 11 is 6.36. The Hall–Kier alpha value is -3.04. The van der Waals surface area contributed by atoms with Crippen molar-refractivity contribution < 1.29 is 0 Å². The van der Waals surface area contributed by atoms with Crippen LogP contribution in [-0.2, 0) is 0 Å². The first kappa shape index (κ1) is 15.5. The van der Waals surface area contributed by atoms with E-state index in [2.05, 4.69) is 15.0 Å². The molecule has 0 aliphatic carbocycles. The molecule has 0 aliphatic rings. The molecule has 0 fully saturated rings. The molecule has 0 amide bonds. The van der Waals surface area contributed by atoms with Crippen molar-refractivity contribution >= 4 is 11.6 Å². The predicted molar refractivity (Wildman–Crippen MR) is 101 cm³/mol. The Morgan fingerprint density at radius 2 is 0.920 bits per heavy atom. The molecule has 0 spiro atoms. The van der Waals surface area contributed by atoms with E-state index in [9.17, 15) is 0 Å². The molecule has 0 N–H and O–H groups in total. The van der Waals surface area contributed by atoms with Crippen LogP contribution in [0.2, 0.25) is 5.02 Å². The van der Waals surface area contributed by atoms with Gasteiger partial charge in [-0.2, -0.15) is 0 Å². The van der Waals surface area contributed by atoms with Crippen LogP contribution in [0.4, 0.5) is 0 Å². The third-order valence-corrected chi connectivity index (χ3v) is 4.14. The highest BCUT2D eigenvalue weighted by molar-refractivity contribution is 6.33. The molecule has 0 saturated carbocycles. The highest BCUT2D eigenvalue weighted by atomic mass is 35.5. The molecule has 25 heavy (non-hydrogen) atoms. The van der Waals surface area contributed by atoms with Crippen LogP contribution in [-0.4, -0.2) is 15.0 Å². The van der Waals surface area contributed by atoms with E-state index in [-0.39, 0.29) is 0 Å². The van der Waals surface area contributed by atoms with Crippen molar-refractivity contribution in [2.45, 2.75) is 0 Å². The van der Waals surface area contributed by atoms with Gasteiger partial charge in [-0.15, -0.1) is 0 Å². The van der Waals surface area contributed by atoms with Gasteiger partial charge in [0.25, 0.3) is 0 Å². The summed E-state index contributed by atoms with van der Waals surface area (Å²) in [6.45, 7) is 0. The number of nitrogens with zero attached hydrogens (tertiary/aromatic N) is 3. The lowest BCUT2D eigenvalue weighted by Crippen LogP contribution is -2.00. The van der Waals surface area contributed by atoms with Gasteiger partial charge in [-0.3, -0.25) is 0 Å². The van der Waals surface area contributed by atoms with E-state index in [1.165, 1.54) is 0 Å². The number of aromatic nitrogens is 3. The Morgan fingerprint density at radius 1 is 0.480 bits per heavy atom. The van der Waals surface area contributed by atoms with Gasteiger partial charge in [-0.25, -0.2) is 15.0 Å². The zero-order valence-corrected chi connectivity index (χ0v) is 14.1. The summed E-state index contributed by atoms with van der Waals surface area (Å²) < 4.78 is 0. The molecular formula is C21H14ClN3. The van der Waals surface area contributed by atoms with E-state index in [1.807, 2.05) is 84.9 Å². The molecule has 0 saturated heterocycles. The Bertz CT molecular complexity index is 944. The van der Waals surface area contributed by atoms with Crippen molar-refractivity contribution in [1.82, 2.24) is 15.0 Å². The minimum atomic E-state index is 0.568. The average molecular weight is 344 g/mol. The van der Waals surface area contributed by atoms with Gasteiger partial charge in [-0.05, 0) is 12.1 Å². The van der Waals surface area contributed by atoms with E-state index < -0.39 is 0 Å². The fraction of sp³-hybridized carbons (Fsp3) is 0. The van der Waals surface area contributed by atoms with Gasteiger partial charge in [0.15, 0.2) is 17.5 Å². The fourth-order valence-electron chi connectivity index (χ4n) is 2.57. The minimum Gasteiger partial charge on any atom is -0.208 e. The van der Waals surface area contributed by atoms with Crippen LogP contribution in [0.3, 0.4) is 0 Å². The number of rotatable bonds is 3. The summed E-state index contributed by atoms with van der Waals surface area (Å²) in [5, 5.41) is 0.617. The molecule has 0 unspecified atom stereocenters. The molecule has 4 aromatic rings. The molecule has 0 radical (unpaired) electrons. The van der Waals surface area contributed by atoms with Crippen LogP contribution in [0.5, 0.6) is 0 Å². The number of halogens is 1. The van der Waals surface area contributed by atoms with Crippen LogP contribution in [0.1, 0.15) is 0 Å². The predicted octanol–water partition coefficient (Wildman–Crippen LogP) is 5.53. The molecule has 3 nitrogen and oxygen atoms in total. The van der Waals surface area contributed by atoms with Gasteiger partial charge in [0.1, 0.15) is 0 Å². The maximum absolute atomic E-state index is 6.36. The molecule has 1 aromatic heterocycles. The van der Waals surface area contributed by atoms with Gasteiger partial charge >= 0.3 is 0 Å². The Morgan fingerprint density at radius 3 is 1.44 bits per heavy atom. The van der Waals surface area contributed by atoms with Crippen LogP contribution in [0, 0.1) is 0 Å². The topological polar surface area (TPSA) is 38.7 Å². The average Bonchev–Trinajstić information content (AvgIpc) is 2.69. The lowest BCUT2D eigenvalue weighted by Gasteiger charge is -2.09. The van der Waals surface area contributed by atoms with E-state index in [0.29, 0.717) is 22.5 Å². The maximum atomic E-state index is 6.36. The third-order valence-electron chi connectivity index (χ3n) is 3.81. The summed E-state index contributed by atoms with van der Waals surface area (Å²) in [6, 6.07) is 27.3. The lowest BCUT2D eigenvalue weighted by molar-refractivity contribution is 1.07. The van der Waals surface area contributed by atoms with Crippen molar-refractivity contribution in [3.05, 3.63) is 90.0 Å². The van der Waals surface area contributed by atoms with Crippen LogP contribution in [0.15, 0.2) is 84.9 Å². The van der Waals surface area contributed by atoms with Crippen molar-refractivity contribution in [2.24, 2.45) is 0 Å². The number of hydrogen-bond acceptors (Lipinski definition) is 3. The SMILES string of the molecule is Clc1ccccc1-c1nc(-c2ccccc2)nc(-c2ccccc2)n1. The summed E-state index contributed by atoms with van der Waals surface area (Å²) in [7, 11) is 0. The van der Waals surface area contributed by atoms with Crippen molar-refractivity contribution in [2.75, 3.05) is 0 Å². The van der Waals surface area contributed by atoms with E-state index in [4.69, 9.17) is 11.6 Å². The summed E-state index contributed by atoms with van der Waals surface area (Å²) in [4.78, 5) is 14.0. The quantitative estimate of drug-likeness (QED) is 0.491. The smallest absolute Gasteiger partial charge is 0.165 e. The molecular weight excluding hydrogens is 330 g/mol. The van der Waals surface area contributed by atoms with Crippen LogP contribution >= 0.6 is 11.6 Å². The maximum Gasteiger partial charge on any atom is 0.165 e. The lowest BCUT2D eigenvalue weighted by atomic mass is 10.1. The van der Waals surface area contributed by atoms with Gasteiger partial charge in [-0.1, -0.05) is 84.4 Å². The van der Waals surface area contributed by atoms with Crippen molar-refractivity contribution in [3.63, 3.8) is 0 Å². The van der Waals surface area contributed by atoms with Crippen molar-refractivity contribution in [3.8, 4) is 34.2 Å². The van der Waals surface area contributed by atoms with Gasteiger partial charge in [0.2, 0.25) is 0 Å². The number of hydrogen-bond donors (Lipinski definition) is 0. The van der Waals surface area contributed by atoms with Crippen LogP contribution < -0.4 is 0 Å². The van der Waals surface area contributed by atoms with E-state index in [1.54, 1.807) is 0 Å². The van der Waals surface area contributed by atoms with Gasteiger partial charge < -0.3 is 0 Å².